The molecule has 0 spiro atoms. The molecule has 1 aromatic heterocycles. The zero-order valence-corrected chi connectivity index (χ0v) is 11.5. The second kappa shape index (κ2) is 6.44. The number of amides is 1. The molecule has 0 unspecified atom stereocenters. The van der Waals surface area contributed by atoms with Crippen LogP contribution in [-0.4, -0.2) is 17.6 Å². The van der Waals surface area contributed by atoms with Crippen molar-refractivity contribution in [2.24, 2.45) is 0 Å². The molecule has 5 nitrogen and oxygen atoms in total. The molecule has 5 heteroatoms. The molecule has 0 aliphatic heterocycles. The third-order valence-corrected chi connectivity index (χ3v) is 2.88. The summed E-state index contributed by atoms with van der Waals surface area (Å²) in [6.07, 6.45) is 5.23. The first-order valence-corrected chi connectivity index (χ1v) is 6.24. The van der Waals surface area contributed by atoms with Gasteiger partial charge in [-0.3, -0.25) is 14.2 Å². The first kappa shape index (κ1) is 14.4. The van der Waals surface area contributed by atoms with Gasteiger partial charge in [-0.2, -0.15) is 0 Å². The van der Waals surface area contributed by atoms with Gasteiger partial charge in [-0.15, -0.1) is 6.42 Å². The highest BCUT2D eigenvalue weighted by Crippen LogP contribution is 2.15. The van der Waals surface area contributed by atoms with Gasteiger partial charge in [0.05, 0.1) is 13.7 Å². The Balaban J connectivity index is 2.26. The van der Waals surface area contributed by atoms with Gasteiger partial charge in [0, 0.05) is 11.8 Å². The Morgan fingerprint density at radius 2 is 2.00 bits per heavy atom. The highest BCUT2D eigenvalue weighted by atomic mass is 16.5. The van der Waals surface area contributed by atoms with Gasteiger partial charge in [0.25, 0.3) is 11.5 Å². The minimum absolute atomic E-state index is 0.0467. The molecule has 21 heavy (non-hydrogen) atoms. The summed E-state index contributed by atoms with van der Waals surface area (Å²) in [5.74, 6) is 2.66. The number of terminal acetylenes is 1. The van der Waals surface area contributed by atoms with Crippen LogP contribution in [0.2, 0.25) is 0 Å². The maximum atomic E-state index is 12.2. The van der Waals surface area contributed by atoms with E-state index in [0.29, 0.717) is 11.4 Å². The molecule has 0 aliphatic carbocycles. The van der Waals surface area contributed by atoms with Crippen LogP contribution in [0.15, 0.2) is 47.3 Å². The van der Waals surface area contributed by atoms with Crippen LogP contribution >= 0.6 is 0 Å². The predicted molar refractivity (Wildman–Crippen MR) is 80.5 cm³/mol. The van der Waals surface area contributed by atoms with Gasteiger partial charge in [-0.05, 0) is 30.3 Å². The molecule has 1 aromatic carbocycles. The second-order valence-electron chi connectivity index (χ2n) is 4.22. The number of hydrogen-bond donors (Lipinski definition) is 1. The van der Waals surface area contributed by atoms with Crippen LogP contribution in [0.3, 0.4) is 0 Å². The molecule has 1 N–H and O–H groups in total. The van der Waals surface area contributed by atoms with Crippen LogP contribution in [0.1, 0.15) is 10.5 Å². The van der Waals surface area contributed by atoms with Crippen molar-refractivity contribution in [2.75, 3.05) is 12.4 Å². The monoisotopic (exact) mass is 282 g/mol. The summed E-state index contributed by atoms with van der Waals surface area (Å²) >= 11 is 0. The third kappa shape index (κ3) is 3.31. The molecule has 0 bridgehead atoms. The van der Waals surface area contributed by atoms with Crippen molar-refractivity contribution in [3.63, 3.8) is 0 Å². The molecule has 0 radical (unpaired) electrons. The smallest absolute Gasteiger partial charge is 0.272 e. The fourth-order valence-electron chi connectivity index (χ4n) is 1.84. The molecular formula is C16H14N2O3. The van der Waals surface area contributed by atoms with E-state index in [4.69, 9.17) is 11.2 Å². The summed E-state index contributed by atoms with van der Waals surface area (Å²) in [6.45, 7) is 0.0467. The molecule has 106 valence electrons. The van der Waals surface area contributed by atoms with Gasteiger partial charge < -0.3 is 10.1 Å². The van der Waals surface area contributed by atoms with Crippen LogP contribution in [-0.2, 0) is 6.54 Å². The van der Waals surface area contributed by atoms with Gasteiger partial charge in [-0.1, -0.05) is 12.0 Å². The van der Waals surface area contributed by atoms with Crippen LogP contribution in [0.25, 0.3) is 0 Å². The van der Waals surface area contributed by atoms with Crippen molar-refractivity contribution >= 4 is 11.6 Å². The molecule has 0 atom stereocenters. The lowest BCUT2D eigenvalue weighted by Gasteiger charge is -2.10. The molecule has 0 saturated carbocycles. The number of nitrogens with zero attached hydrogens (tertiary/aromatic N) is 1. The van der Waals surface area contributed by atoms with Crippen molar-refractivity contribution in [1.29, 1.82) is 0 Å². The summed E-state index contributed by atoms with van der Waals surface area (Å²) in [5.41, 5.74) is 0.510. The number of nitrogens with one attached hydrogen (secondary N) is 1. The third-order valence-electron chi connectivity index (χ3n) is 2.88. The maximum absolute atomic E-state index is 12.2. The number of benzene rings is 1. The van der Waals surface area contributed by atoms with Gasteiger partial charge in [-0.25, -0.2) is 0 Å². The number of carbonyl (C=O) groups excluding carboxylic acids is 1. The highest BCUT2D eigenvalue weighted by molar-refractivity contribution is 6.03. The summed E-state index contributed by atoms with van der Waals surface area (Å²) in [4.78, 5) is 24.0. The van der Waals surface area contributed by atoms with E-state index in [1.165, 1.54) is 16.7 Å². The van der Waals surface area contributed by atoms with Gasteiger partial charge in [0.2, 0.25) is 0 Å². The Morgan fingerprint density at radius 1 is 1.29 bits per heavy atom. The van der Waals surface area contributed by atoms with Crippen molar-refractivity contribution < 1.29 is 9.53 Å². The van der Waals surface area contributed by atoms with E-state index < -0.39 is 5.91 Å². The number of rotatable bonds is 4. The van der Waals surface area contributed by atoms with Crippen LogP contribution in [0, 0.1) is 12.3 Å². The lowest BCUT2D eigenvalue weighted by molar-refractivity contribution is 0.101. The fraction of sp³-hybridized carbons (Fsp3) is 0.125. The van der Waals surface area contributed by atoms with Gasteiger partial charge in [0.1, 0.15) is 11.4 Å². The molecular weight excluding hydrogens is 268 g/mol. The number of anilines is 1. The first-order chi connectivity index (χ1) is 10.2. The summed E-state index contributed by atoms with van der Waals surface area (Å²) in [6, 6.07) is 11.3. The van der Waals surface area contributed by atoms with Crippen molar-refractivity contribution in [3.05, 3.63) is 58.5 Å². The number of methoxy groups -OCH3 is 1. The Bertz CT molecular complexity index is 739. The van der Waals surface area contributed by atoms with E-state index in [1.54, 1.807) is 37.4 Å². The molecule has 2 aromatic rings. The SMILES string of the molecule is C#CCn1c(C(=O)Nc2ccc(OC)cc2)cccc1=O. The summed E-state index contributed by atoms with van der Waals surface area (Å²) in [7, 11) is 1.57. The van der Waals surface area contributed by atoms with E-state index in [-0.39, 0.29) is 17.8 Å². The van der Waals surface area contributed by atoms with E-state index in [1.807, 2.05) is 0 Å². The Labute approximate surface area is 122 Å². The summed E-state index contributed by atoms with van der Waals surface area (Å²) in [5, 5.41) is 2.71. The number of ether oxygens (including phenoxy) is 1. The fourth-order valence-corrected chi connectivity index (χ4v) is 1.84. The number of aromatic nitrogens is 1. The van der Waals surface area contributed by atoms with E-state index in [0.717, 1.165) is 0 Å². The summed E-state index contributed by atoms with van der Waals surface area (Å²) < 4.78 is 6.29. The lowest BCUT2D eigenvalue weighted by atomic mass is 10.2. The Morgan fingerprint density at radius 3 is 2.62 bits per heavy atom. The minimum Gasteiger partial charge on any atom is -0.497 e. The molecule has 0 fully saturated rings. The zero-order valence-electron chi connectivity index (χ0n) is 11.5. The van der Waals surface area contributed by atoms with E-state index in [2.05, 4.69) is 11.2 Å². The molecule has 2 rings (SSSR count). The minimum atomic E-state index is -0.395. The van der Waals surface area contributed by atoms with Crippen molar-refractivity contribution in [1.82, 2.24) is 4.57 Å². The van der Waals surface area contributed by atoms with Crippen LogP contribution < -0.4 is 15.6 Å². The molecule has 0 aliphatic rings. The van der Waals surface area contributed by atoms with Crippen molar-refractivity contribution in [3.8, 4) is 18.1 Å². The first-order valence-electron chi connectivity index (χ1n) is 6.24. The Kier molecular flexibility index (Phi) is 4.42. The topological polar surface area (TPSA) is 60.3 Å². The standard InChI is InChI=1S/C16H14N2O3/c1-3-11-18-14(5-4-6-15(18)19)16(20)17-12-7-9-13(21-2)10-8-12/h1,4-10H,11H2,2H3,(H,17,20). The van der Waals surface area contributed by atoms with Gasteiger partial charge in [0.15, 0.2) is 0 Å². The average molecular weight is 282 g/mol. The van der Waals surface area contributed by atoms with Crippen molar-refractivity contribution in [2.45, 2.75) is 6.54 Å². The number of hydrogen-bond acceptors (Lipinski definition) is 3. The molecule has 0 saturated heterocycles. The van der Waals surface area contributed by atoms with Crippen LogP contribution in [0.4, 0.5) is 5.69 Å². The second-order valence-corrected chi connectivity index (χ2v) is 4.22. The highest BCUT2D eigenvalue weighted by Gasteiger charge is 2.11. The average Bonchev–Trinajstić information content (AvgIpc) is 2.50. The van der Waals surface area contributed by atoms with Gasteiger partial charge >= 0.3 is 0 Å². The van der Waals surface area contributed by atoms with Crippen LogP contribution in [0.5, 0.6) is 5.75 Å². The number of carbonyl (C=O) groups is 1. The maximum Gasteiger partial charge on any atom is 0.272 e. The van der Waals surface area contributed by atoms with E-state index in [9.17, 15) is 9.59 Å². The van der Waals surface area contributed by atoms with E-state index >= 15 is 0 Å². The quantitative estimate of drug-likeness (QED) is 0.869. The molecule has 1 amide bonds. The zero-order chi connectivity index (χ0) is 15.2. The molecule has 1 heterocycles. The predicted octanol–water partition coefficient (Wildman–Crippen LogP) is 1.74. The Hall–Kier alpha value is -3.00. The lowest BCUT2D eigenvalue weighted by Crippen LogP contribution is -2.27. The number of pyridine rings is 1. The largest absolute Gasteiger partial charge is 0.497 e. The normalized spacial score (nSPS) is 9.71.